The fourth-order valence-corrected chi connectivity index (χ4v) is 4.82. The van der Waals surface area contributed by atoms with Gasteiger partial charge in [-0.2, -0.15) is 13.5 Å². The van der Waals surface area contributed by atoms with Crippen LogP contribution < -0.4 is 15.5 Å². The molecule has 0 saturated carbocycles. The topological polar surface area (TPSA) is 95.5 Å². The lowest BCUT2D eigenvalue weighted by Crippen LogP contribution is -2.45. The van der Waals surface area contributed by atoms with Crippen LogP contribution in [0.3, 0.4) is 0 Å². The summed E-state index contributed by atoms with van der Waals surface area (Å²) in [5.41, 5.74) is 4.65. The minimum atomic E-state index is 0. The van der Waals surface area contributed by atoms with E-state index in [-0.39, 0.29) is 25.5 Å². The van der Waals surface area contributed by atoms with Crippen LogP contribution in [0.2, 0.25) is 0 Å². The Bertz CT molecular complexity index is 1160. The van der Waals surface area contributed by atoms with Gasteiger partial charge in [0.05, 0.1) is 23.9 Å². The number of aromatic nitrogens is 3. The van der Waals surface area contributed by atoms with Gasteiger partial charge in [-0.25, -0.2) is 9.97 Å². The monoisotopic (exact) mass is 509 g/mol. The van der Waals surface area contributed by atoms with Gasteiger partial charge < -0.3 is 25.2 Å². The molecule has 0 spiro atoms. The maximum atomic E-state index is 11.7. The molecule has 5 rings (SSSR count). The second kappa shape index (κ2) is 11.9. The van der Waals surface area contributed by atoms with Crippen LogP contribution in [-0.2, 0) is 9.53 Å². The molecule has 1 aromatic carbocycles. The lowest BCUT2D eigenvalue weighted by atomic mass is 10.0. The number of hydrogen-bond donors (Lipinski definition) is 2. The van der Waals surface area contributed by atoms with Crippen LogP contribution in [0.15, 0.2) is 42.7 Å². The van der Waals surface area contributed by atoms with E-state index in [1.807, 2.05) is 18.0 Å². The predicted molar refractivity (Wildman–Crippen MR) is 148 cm³/mol. The standard InChI is InChI=1S/C26H33N7O2.H2S/c1-18(34)32(2)20-7-12-33(13-8-20)21-5-3-19(4-6-21)23-15-24-25(29-10-9-28-24)26(31-23)30-17-22-16-27-11-14-35-22;/h3-6,9-10,15,20,22,27H,7-8,11-14,16-17H2,1-2H3,(H,30,31);1H2/t22-;/m0./s1. The number of anilines is 2. The van der Waals surface area contributed by atoms with Crippen molar-refractivity contribution in [1.29, 1.82) is 0 Å². The third-order valence-corrected chi connectivity index (χ3v) is 7.00. The zero-order valence-electron chi connectivity index (χ0n) is 20.9. The second-order valence-electron chi connectivity index (χ2n) is 9.25. The van der Waals surface area contributed by atoms with E-state index in [1.54, 1.807) is 19.3 Å². The van der Waals surface area contributed by atoms with E-state index in [9.17, 15) is 4.79 Å². The summed E-state index contributed by atoms with van der Waals surface area (Å²) in [6.45, 7) is 6.61. The molecule has 0 aliphatic carbocycles. The molecule has 0 unspecified atom stereocenters. The van der Waals surface area contributed by atoms with Crippen LogP contribution in [0.4, 0.5) is 11.5 Å². The summed E-state index contributed by atoms with van der Waals surface area (Å²) in [7, 11) is 1.90. The Morgan fingerprint density at radius 1 is 1.19 bits per heavy atom. The first kappa shape index (κ1) is 26.1. The molecule has 10 heteroatoms. The van der Waals surface area contributed by atoms with E-state index < -0.39 is 0 Å². The van der Waals surface area contributed by atoms with E-state index >= 15 is 0 Å². The lowest BCUT2D eigenvalue weighted by molar-refractivity contribution is -0.129. The number of carbonyl (C=O) groups is 1. The van der Waals surface area contributed by atoms with Gasteiger partial charge in [-0.1, -0.05) is 12.1 Å². The molecule has 4 heterocycles. The molecule has 2 aromatic heterocycles. The van der Waals surface area contributed by atoms with Crippen molar-refractivity contribution < 1.29 is 9.53 Å². The molecule has 36 heavy (non-hydrogen) atoms. The van der Waals surface area contributed by atoms with Crippen LogP contribution in [0, 0.1) is 0 Å². The number of fused-ring (bicyclic) bond motifs is 1. The molecule has 2 fully saturated rings. The number of carbonyl (C=O) groups excluding carboxylic acids is 1. The average Bonchev–Trinajstić information content (AvgIpc) is 2.92. The summed E-state index contributed by atoms with van der Waals surface area (Å²) >= 11 is 0. The van der Waals surface area contributed by atoms with E-state index in [0.717, 1.165) is 73.7 Å². The predicted octanol–water partition coefficient (Wildman–Crippen LogP) is 2.65. The SMILES string of the molecule is CC(=O)N(C)C1CCN(c2ccc(-c3cc4nccnc4c(NC[C@@H]4CNCCO4)n3)cc2)CC1.S. The number of piperidine rings is 1. The fraction of sp³-hybridized carbons (Fsp3) is 0.462. The number of hydrogen-bond acceptors (Lipinski definition) is 8. The molecule has 2 saturated heterocycles. The maximum Gasteiger partial charge on any atom is 0.219 e. The van der Waals surface area contributed by atoms with E-state index in [4.69, 9.17) is 9.72 Å². The minimum Gasteiger partial charge on any atom is -0.374 e. The van der Waals surface area contributed by atoms with Gasteiger partial charge in [0.15, 0.2) is 5.82 Å². The summed E-state index contributed by atoms with van der Waals surface area (Å²) in [5, 5.41) is 6.79. The molecule has 1 amide bonds. The lowest BCUT2D eigenvalue weighted by Gasteiger charge is -2.37. The van der Waals surface area contributed by atoms with Crippen molar-refractivity contribution >= 4 is 41.9 Å². The molecule has 3 aromatic rings. The minimum absolute atomic E-state index is 0. The number of nitrogens with one attached hydrogen (secondary N) is 2. The van der Waals surface area contributed by atoms with Gasteiger partial charge in [0, 0.05) is 76.4 Å². The highest BCUT2D eigenvalue weighted by molar-refractivity contribution is 7.59. The first-order valence-electron chi connectivity index (χ1n) is 12.4. The van der Waals surface area contributed by atoms with Crippen molar-refractivity contribution in [3.8, 4) is 11.3 Å². The fourth-order valence-electron chi connectivity index (χ4n) is 4.82. The van der Waals surface area contributed by atoms with E-state index in [2.05, 4.69) is 49.8 Å². The van der Waals surface area contributed by atoms with Crippen molar-refractivity contribution in [3.63, 3.8) is 0 Å². The summed E-state index contributed by atoms with van der Waals surface area (Å²) in [6.07, 6.45) is 5.47. The van der Waals surface area contributed by atoms with Crippen molar-refractivity contribution in [2.75, 3.05) is 56.6 Å². The van der Waals surface area contributed by atoms with Gasteiger partial charge in [0.1, 0.15) is 5.52 Å². The van der Waals surface area contributed by atoms with Crippen molar-refractivity contribution in [1.82, 2.24) is 25.2 Å². The Labute approximate surface area is 219 Å². The molecule has 192 valence electrons. The van der Waals surface area contributed by atoms with Crippen LogP contribution >= 0.6 is 13.5 Å². The number of ether oxygens (including phenoxy) is 1. The van der Waals surface area contributed by atoms with E-state index in [1.165, 1.54) is 5.69 Å². The summed E-state index contributed by atoms with van der Waals surface area (Å²) < 4.78 is 5.82. The normalized spacial score (nSPS) is 18.5. The van der Waals surface area contributed by atoms with Gasteiger partial charge in [0.25, 0.3) is 0 Å². The maximum absolute atomic E-state index is 11.7. The molecule has 2 aliphatic rings. The number of amides is 1. The average molecular weight is 510 g/mol. The Morgan fingerprint density at radius 3 is 2.64 bits per heavy atom. The molecule has 0 bridgehead atoms. The highest BCUT2D eigenvalue weighted by atomic mass is 32.1. The zero-order chi connectivity index (χ0) is 24.2. The third kappa shape index (κ3) is 5.88. The smallest absolute Gasteiger partial charge is 0.219 e. The summed E-state index contributed by atoms with van der Waals surface area (Å²) in [4.78, 5) is 29.9. The van der Waals surface area contributed by atoms with Gasteiger partial charge in [0.2, 0.25) is 5.91 Å². The summed E-state index contributed by atoms with van der Waals surface area (Å²) in [6, 6.07) is 10.9. The van der Waals surface area contributed by atoms with Crippen molar-refractivity contribution in [3.05, 3.63) is 42.7 Å². The highest BCUT2D eigenvalue weighted by Crippen LogP contribution is 2.28. The first-order chi connectivity index (χ1) is 17.1. The Hall–Kier alpha value is -2.95. The number of morpholine rings is 1. The molecular weight excluding hydrogens is 474 g/mol. The van der Waals surface area contributed by atoms with Gasteiger partial charge in [-0.3, -0.25) is 9.78 Å². The quantitative estimate of drug-likeness (QED) is 0.524. The van der Waals surface area contributed by atoms with Crippen LogP contribution in [0.5, 0.6) is 0 Å². The molecule has 1 atom stereocenters. The van der Waals surface area contributed by atoms with Crippen LogP contribution in [-0.4, -0.2) is 84.3 Å². The van der Waals surface area contributed by atoms with Gasteiger partial charge in [-0.15, -0.1) is 0 Å². The largest absolute Gasteiger partial charge is 0.374 e. The molecule has 2 N–H and O–H groups in total. The Kier molecular flexibility index (Phi) is 8.60. The second-order valence-corrected chi connectivity index (χ2v) is 9.25. The molecular formula is C26H35N7O2S. The zero-order valence-corrected chi connectivity index (χ0v) is 21.9. The molecule has 9 nitrogen and oxygen atoms in total. The van der Waals surface area contributed by atoms with Crippen molar-refractivity contribution in [2.45, 2.75) is 31.9 Å². The molecule has 0 radical (unpaired) electrons. The first-order valence-corrected chi connectivity index (χ1v) is 12.4. The number of benzene rings is 1. The number of pyridine rings is 1. The number of nitrogens with zero attached hydrogens (tertiary/aromatic N) is 5. The Balaban J connectivity index is 0.00000304. The highest BCUT2D eigenvalue weighted by Gasteiger charge is 2.24. The van der Waals surface area contributed by atoms with E-state index in [0.29, 0.717) is 12.6 Å². The van der Waals surface area contributed by atoms with Crippen LogP contribution in [0.1, 0.15) is 19.8 Å². The van der Waals surface area contributed by atoms with Gasteiger partial charge in [-0.05, 0) is 31.0 Å². The molecule has 2 aliphatic heterocycles. The Morgan fingerprint density at radius 2 is 1.94 bits per heavy atom. The third-order valence-electron chi connectivity index (χ3n) is 7.00. The summed E-state index contributed by atoms with van der Waals surface area (Å²) in [5.74, 6) is 0.859. The van der Waals surface area contributed by atoms with Crippen LogP contribution in [0.25, 0.3) is 22.3 Å². The number of rotatable bonds is 6. The van der Waals surface area contributed by atoms with Gasteiger partial charge >= 0.3 is 0 Å². The van der Waals surface area contributed by atoms with Crippen molar-refractivity contribution in [2.24, 2.45) is 0 Å².